The summed E-state index contributed by atoms with van der Waals surface area (Å²) in [6.45, 7) is 0.959. The third-order valence-electron chi connectivity index (χ3n) is 4.89. The highest BCUT2D eigenvalue weighted by molar-refractivity contribution is 6.20. The summed E-state index contributed by atoms with van der Waals surface area (Å²) >= 11 is 0. The molecule has 5 rings (SSSR count). The zero-order valence-corrected chi connectivity index (χ0v) is 12.3. The molecule has 0 radical (unpaired) electrons. The molecule has 1 aliphatic carbocycles. The second-order valence-corrected chi connectivity index (χ2v) is 6.20. The first kappa shape index (κ1) is 12.2. The van der Waals surface area contributed by atoms with Crippen molar-refractivity contribution in [1.82, 2.24) is 9.97 Å². The Morgan fingerprint density at radius 2 is 2.09 bits per heavy atom. The van der Waals surface area contributed by atoms with Crippen LogP contribution in [0.15, 0.2) is 41.5 Å². The van der Waals surface area contributed by atoms with Gasteiger partial charge in [-0.25, -0.2) is 0 Å². The molecular weight excluding hydrogens is 270 g/mol. The molecule has 0 spiro atoms. The van der Waals surface area contributed by atoms with Gasteiger partial charge in [0.15, 0.2) is 0 Å². The van der Waals surface area contributed by atoms with Crippen molar-refractivity contribution in [2.75, 3.05) is 6.54 Å². The zero-order valence-electron chi connectivity index (χ0n) is 12.3. The number of nitrogens with zero attached hydrogens (tertiary/aromatic N) is 2. The molecule has 0 saturated heterocycles. The van der Waals surface area contributed by atoms with Crippen molar-refractivity contribution in [1.29, 1.82) is 0 Å². The summed E-state index contributed by atoms with van der Waals surface area (Å²) in [5, 5.41) is 2.47. The number of rotatable bonds is 0. The molecule has 3 aromatic rings. The maximum absolute atomic E-state index is 4.92. The number of H-pyrrole nitrogens is 1. The van der Waals surface area contributed by atoms with Gasteiger partial charge in [-0.05, 0) is 43.2 Å². The van der Waals surface area contributed by atoms with Gasteiger partial charge in [-0.15, -0.1) is 0 Å². The average Bonchev–Trinajstić information content (AvgIpc) is 2.78. The minimum absolute atomic E-state index is 0.485. The number of nitrogens with one attached hydrogen (secondary N) is 1. The Bertz CT molecular complexity index is 946. The van der Waals surface area contributed by atoms with E-state index in [1.54, 1.807) is 0 Å². The number of allylic oxidation sites excluding steroid dienone is 1. The van der Waals surface area contributed by atoms with Crippen molar-refractivity contribution in [3.8, 4) is 0 Å². The molecule has 2 aliphatic rings. The molecule has 0 amide bonds. The lowest BCUT2D eigenvalue weighted by Gasteiger charge is -2.18. The normalized spacial score (nSPS) is 20.5. The number of aromatic nitrogens is 2. The molecule has 1 atom stereocenters. The van der Waals surface area contributed by atoms with Crippen LogP contribution >= 0.6 is 0 Å². The molecule has 1 aliphatic heterocycles. The Hall–Kier alpha value is -2.42. The smallest absolute Gasteiger partial charge is 0.0723 e. The largest absolute Gasteiger partial charge is 0.354 e. The van der Waals surface area contributed by atoms with Crippen LogP contribution in [0.4, 0.5) is 0 Å². The molecule has 108 valence electrons. The topological polar surface area (TPSA) is 41.0 Å². The summed E-state index contributed by atoms with van der Waals surface area (Å²) in [6.07, 6.45) is 10.1. The predicted molar refractivity (Wildman–Crippen MR) is 91.4 cm³/mol. The van der Waals surface area contributed by atoms with E-state index >= 15 is 0 Å². The number of fused-ring (bicyclic) bond motifs is 7. The number of hydrogen-bond donors (Lipinski definition) is 1. The Balaban J connectivity index is 1.86. The standard InChI is InChI=1S/C19H17N3/c1-2-10-21-18-12(4-1)6-8-16-17(18)14-7-9-15-13(19(14)22-16)5-3-11-20-15/h3,5-9,11-12,22H,1-2,4,10H2. The van der Waals surface area contributed by atoms with Crippen LogP contribution in [0.2, 0.25) is 0 Å². The number of aromatic amines is 1. The lowest BCUT2D eigenvalue weighted by Crippen LogP contribution is -2.16. The summed E-state index contributed by atoms with van der Waals surface area (Å²) < 4.78 is 0. The van der Waals surface area contributed by atoms with Gasteiger partial charge >= 0.3 is 0 Å². The summed E-state index contributed by atoms with van der Waals surface area (Å²) in [5.74, 6) is 0.485. The third kappa shape index (κ3) is 1.62. The molecule has 0 bridgehead atoms. The van der Waals surface area contributed by atoms with E-state index < -0.39 is 0 Å². The van der Waals surface area contributed by atoms with Crippen molar-refractivity contribution in [2.45, 2.75) is 19.3 Å². The average molecular weight is 287 g/mol. The van der Waals surface area contributed by atoms with Crippen LogP contribution in [-0.4, -0.2) is 22.2 Å². The molecule has 0 fully saturated rings. The highest BCUT2D eigenvalue weighted by atomic mass is 14.8. The highest BCUT2D eigenvalue weighted by Crippen LogP contribution is 2.36. The maximum atomic E-state index is 4.92. The fraction of sp³-hybridized carbons (Fsp3) is 0.263. The minimum atomic E-state index is 0.485. The van der Waals surface area contributed by atoms with Gasteiger partial charge < -0.3 is 4.98 Å². The van der Waals surface area contributed by atoms with Gasteiger partial charge in [-0.2, -0.15) is 0 Å². The highest BCUT2D eigenvalue weighted by Gasteiger charge is 2.26. The molecule has 3 heterocycles. The van der Waals surface area contributed by atoms with E-state index in [1.807, 2.05) is 12.3 Å². The lowest BCUT2D eigenvalue weighted by atomic mass is 9.87. The first-order valence-corrected chi connectivity index (χ1v) is 8.04. The molecule has 0 saturated carbocycles. The van der Waals surface area contributed by atoms with Gasteiger partial charge in [0.2, 0.25) is 0 Å². The van der Waals surface area contributed by atoms with Gasteiger partial charge in [0.25, 0.3) is 0 Å². The SMILES string of the molecule is C1=CC2CCCCN=C2c2c1[nH]c1c2ccc2ncccc21. The molecule has 22 heavy (non-hydrogen) atoms. The Morgan fingerprint density at radius 1 is 1.09 bits per heavy atom. The van der Waals surface area contributed by atoms with Crippen molar-refractivity contribution < 1.29 is 0 Å². The number of pyridine rings is 1. The van der Waals surface area contributed by atoms with Crippen LogP contribution in [-0.2, 0) is 0 Å². The van der Waals surface area contributed by atoms with Crippen LogP contribution < -0.4 is 0 Å². The van der Waals surface area contributed by atoms with E-state index in [1.165, 1.54) is 52.5 Å². The summed E-state index contributed by atoms with van der Waals surface area (Å²) in [6, 6.07) is 8.46. The fourth-order valence-electron chi connectivity index (χ4n) is 3.83. The molecule has 1 unspecified atom stereocenters. The molecule has 3 heteroatoms. The number of benzene rings is 1. The monoisotopic (exact) mass is 287 g/mol. The van der Waals surface area contributed by atoms with Crippen LogP contribution in [0.1, 0.15) is 30.5 Å². The van der Waals surface area contributed by atoms with E-state index in [0.29, 0.717) is 5.92 Å². The third-order valence-corrected chi connectivity index (χ3v) is 4.89. The number of aliphatic imine (C=N–C) groups is 1. The van der Waals surface area contributed by atoms with Crippen LogP contribution in [0.5, 0.6) is 0 Å². The second kappa shape index (κ2) is 4.54. The van der Waals surface area contributed by atoms with E-state index in [4.69, 9.17) is 4.99 Å². The Labute approximate surface area is 128 Å². The molecule has 1 N–H and O–H groups in total. The Kier molecular flexibility index (Phi) is 2.51. The van der Waals surface area contributed by atoms with Gasteiger partial charge in [-0.3, -0.25) is 9.98 Å². The van der Waals surface area contributed by atoms with Gasteiger partial charge in [0, 0.05) is 40.7 Å². The fourth-order valence-corrected chi connectivity index (χ4v) is 3.83. The predicted octanol–water partition coefficient (Wildman–Crippen LogP) is 4.33. The number of hydrogen-bond acceptors (Lipinski definition) is 2. The van der Waals surface area contributed by atoms with Crippen LogP contribution in [0, 0.1) is 5.92 Å². The van der Waals surface area contributed by atoms with Crippen molar-refractivity contribution >= 4 is 33.6 Å². The zero-order chi connectivity index (χ0) is 14.5. The first-order valence-electron chi connectivity index (χ1n) is 8.04. The summed E-state index contributed by atoms with van der Waals surface area (Å²) in [5.41, 5.74) is 6.02. The Morgan fingerprint density at radius 3 is 3.09 bits per heavy atom. The van der Waals surface area contributed by atoms with Crippen LogP contribution in [0.25, 0.3) is 27.9 Å². The minimum Gasteiger partial charge on any atom is -0.354 e. The van der Waals surface area contributed by atoms with E-state index in [-0.39, 0.29) is 0 Å². The summed E-state index contributed by atoms with van der Waals surface area (Å²) in [4.78, 5) is 13.0. The summed E-state index contributed by atoms with van der Waals surface area (Å²) in [7, 11) is 0. The van der Waals surface area contributed by atoms with Crippen molar-refractivity contribution in [2.24, 2.45) is 10.9 Å². The van der Waals surface area contributed by atoms with Crippen molar-refractivity contribution in [3.05, 3.63) is 47.8 Å². The van der Waals surface area contributed by atoms with E-state index in [0.717, 1.165) is 12.1 Å². The molecular formula is C19H17N3. The molecule has 2 aromatic heterocycles. The first-order chi connectivity index (χ1) is 10.9. The second-order valence-electron chi connectivity index (χ2n) is 6.20. The van der Waals surface area contributed by atoms with Crippen molar-refractivity contribution in [3.63, 3.8) is 0 Å². The molecule has 1 aromatic carbocycles. The quantitative estimate of drug-likeness (QED) is 0.657. The van der Waals surface area contributed by atoms with E-state index in [2.05, 4.69) is 40.3 Å². The lowest BCUT2D eigenvalue weighted by molar-refractivity contribution is 0.671. The van der Waals surface area contributed by atoms with Crippen LogP contribution in [0.3, 0.4) is 0 Å². The maximum Gasteiger partial charge on any atom is 0.0723 e. The van der Waals surface area contributed by atoms with E-state index in [9.17, 15) is 0 Å². The van der Waals surface area contributed by atoms with Gasteiger partial charge in [0.1, 0.15) is 0 Å². The van der Waals surface area contributed by atoms with Gasteiger partial charge in [0.05, 0.1) is 16.7 Å². The van der Waals surface area contributed by atoms with Gasteiger partial charge in [-0.1, -0.05) is 12.5 Å². The molecule has 3 nitrogen and oxygen atoms in total.